The monoisotopic (exact) mass is 241 g/mol. The van der Waals surface area contributed by atoms with Crippen LogP contribution >= 0.6 is 0 Å². The fourth-order valence-corrected chi connectivity index (χ4v) is 2.48. The van der Waals surface area contributed by atoms with Crippen LogP contribution in [0.2, 0.25) is 0 Å². The number of unbranched alkanes of at least 4 members (excludes halogenated alkanes) is 3. The molecule has 1 saturated carbocycles. The minimum Gasteiger partial charge on any atom is -0.462 e. The van der Waals surface area contributed by atoms with Gasteiger partial charge in [0.25, 0.3) is 0 Å². The van der Waals surface area contributed by atoms with Crippen LogP contribution in [0.15, 0.2) is 0 Å². The van der Waals surface area contributed by atoms with Crippen molar-refractivity contribution in [3.8, 4) is 0 Å². The van der Waals surface area contributed by atoms with Gasteiger partial charge in [-0.25, -0.2) is 0 Å². The fraction of sp³-hybridized carbons (Fsp3) is 0.929. The predicted molar refractivity (Wildman–Crippen MR) is 69.6 cm³/mol. The van der Waals surface area contributed by atoms with Gasteiger partial charge in [0.1, 0.15) is 0 Å². The molecule has 3 unspecified atom stereocenters. The van der Waals surface area contributed by atoms with Crippen LogP contribution in [0.5, 0.6) is 0 Å². The number of rotatable bonds is 7. The Labute approximate surface area is 105 Å². The Kier molecular flexibility index (Phi) is 6.56. The number of esters is 1. The van der Waals surface area contributed by atoms with Crippen LogP contribution in [0.1, 0.15) is 65.2 Å². The predicted octanol–water partition coefficient (Wildman–Crippen LogP) is 3.02. The van der Waals surface area contributed by atoms with Gasteiger partial charge in [-0.3, -0.25) is 4.79 Å². The van der Waals surface area contributed by atoms with Crippen molar-refractivity contribution in [2.75, 3.05) is 0 Å². The summed E-state index contributed by atoms with van der Waals surface area (Å²) in [6.45, 7) is 4.19. The summed E-state index contributed by atoms with van der Waals surface area (Å²) < 4.78 is 5.47. The van der Waals surface area contributed by atoms with Crippen molar-refractivity contribution in [3.63, 3.8) is 0 Å². The van der Waals surface area contributed by atoms with Gasteiger partial charge in [0.2, 0.25) is 0 Å². The molecule has 1 aliphatic carbocycles. The summed E-state index contributed by atoms with van der Waals surface area (Å²) in [5.41, 5.74) is 5.89. The van der Waals surface area contributed by atoms with Gasteiger partial charge in [-0.1, -0.05) is 32.6 Å². The van der Waals surface area contributed by atoms with Crippen LogP contribution in [-0.2, 0) is 9.53 Å². The average Bonchev–Trinajstić information content (AvgIpc) is 2.71. The van der Waals surface area contributed by atoms with Crippen LogP contribution in [0, 0.1) is 5.92 Å². The highest BCUT2D eigenvalue weighted by atomic mass is 16.5. The Morgan fingerprint density at radius 2 is 2.12 bits per heavy atom. The standard InChI is InChI=1S/C14H27NO2/c1-3-4-5-6-8-11(2)17-14(16)12-9-7-10-13(12)15/h11-13H,3-10,15H2,1-2H3. The Morgan fingerprint density at radius 1 is 1.35 bits per heavy atom. The molecule has 0 aromatic carbocycles. The van der Waals surface area contributed by atoms with Crippen molar-refractivity contribution in [1.29, 1.82) is 0 Å². The Morgan fingerprint density at radius 3 is 2.71 bits per heavy atom. The van der Waals surface area contributed by atoms with Crippen molar-refractivity contribution in [2.24, 2.45) is 11.7 Å². The van der Waals surface area contributed by atoms with E-state index in [0.29, 0.717) is 0 Å². The van der Waals surface area contributed by atoms with Crippen molar-refractivity contribution < 1.29 is 9.53 Å². The molecule has 3 heteroatoms. The third-order valence-corrected chi connectivity index (χ3v) is 3.65. The summed E-state index contributed by atoms with van der Waals surface area (Å²) in [6.07, 6.45) is 8.86. The van der Waals surface area contributed by atoms with E-state index in [1.165, 1.54) is 19.3 Å². The van der Waals surface area contributed by atoms with Crippen molar-refractivity contribution in [3.05, 3.63) is 0 Å². The van der Waals surface area contributed by atoms with E-state index in [-0.39, 0.29) is 24.0 Å². The van der Waals surface area contributed by atoms with Gasteiger partial charge in [-0.05, 0) is 32.6 Å². The van der Waals surface area contributed by atoms with Crippen LogP contribution in [0.3, 0.4) is 0 Å². The molecular weight excluding hydrogens is 214 g/mol. The molecular formula is C14H27NO2. The summed E-state index contributed by atoms with van der Waals surface area (Å²) in [6, 6.07) is 0.0230. The lowest BCUT2D eigenvalue weighted by molar-refractivity contribution is -0.153. The molecule has 1 rings (SSSR count). The first kappa shape index (κ1) is 14.5. The second-order valence-electron chi connectivity index (χ2n) is 5.30. The molecule has 0 aromatic rings. The van der Waals surface area contributed by atoms with Gasteiger partial charge in [0.05, 0.1) is 12.0 Å². The first-order chi connectivity index (χ1) is 8.15. The average molecular weight is 241 g/mol. The lowest BCUT2D eigenvalue weighted by atomic mass is 10.0. The summed E-state index contributed by atoms with van der Waals surface area (Å²) in [5.74, 6) is -0.119. The summed E-state index contributed by atoms with van der Waals surface area (Å²) in [5, 5.41) is 0. The molecule has 17 heavy (non-hydrogen) atoms. The molecule has 2 N–H and O–H groups in total. The largest absolute Gasteiger partial charge is 0.462 e. The summed E-state index contributed by atoms with van der Waals surface area (Å²) in [7, 11) is 0. The van der Waals surface area contributed by atoms with Crippen LogP contribution in [0.4, 0.5) is 0 Å². The zero-order chi connectivity index (χ0) is 12.7. The summed E-state index contributed by atoms with van der Waals surface area (Å²) >= 11 is 0. The normalized spacial score (nSPS) is 25.8. The summed E-state index contributed by atoms with van der Waals surface area (Å²) in [4.78, 5) is 11.9. The first-order valence-electron chi connectivity index (χ1n) is 7.11. The zero-order valence-electron chi connectivity index (χ0n) is 11.3. The van der Waals surface area contributed by atoms with Gasteiger partial charge in [0.15, 0.2) is 0 Å². The molecule has 3 nitrogen and oxygen atoms in total. The Hall–Kier alpha value is -0.570. The number of carbonyl (C=O) groups excluding carboxylic acids is 1. The van der Waals surface area contributed by atoms with Crippen molar-refractivity contribution in [2.45, 2.75) is 77.4 Å². The van der Waals surface area contributed by atoms with Crippen molar-refractivity contribution in [1.82, 2.24) is 0 Å². The van der Waals surface area contributed by atoms with Gasteiger partial charge >= 0.3 is 5.97 Å². The minimum absolute atomic E-state index is 0.0230. The van der Waals surface area contributed by atoms with Gasteiger partial charge in [-0.2, -0.15) is 0 Å². The van der Waals surface area contributed by atoms with E-state index in [0.717, 1.165) is 32.1 Å². The van der Waals surface area contributed by atoms with Gasteiger partial charge in [0, 0.05) is 6.04 Å². The van der Waals surface area contributed by atoms with Gasteiger partial charge in [-0.15, -0.1) is 0 Å². The molecule has 0 aromatic heterocycles. The molecule has 0 heterocycles. The molecule has 0 radical (unpaired) electrons. The Balaban J connectivity index is 2.16. The lowest BCUT2D eigenvalue weighted by Crippen LogP contribution is -2.33. The van der Waals surface area contributed by atoms with E-state index >= 15 is 0 Å². The molecule has 0 amide bonds. The van der Waals surface area contributed by atoms with E-state index in [4.69, 9.17) is 10.5 Å². The molecule has 0 aliphatic heterocycles. The molecule has 3 atom stereocenters. The third kappa shape index (κ3) is 5.07. The zero-order valence-corrected chi connectivity index (χ0v) is 11.3. The van der Waals surface area contributed by atoms with E-state index in [1.807, 2.05) is 6.92 Å². The SMILES string of the molecule is CCCCCCC(C)OC(=O)C1CCCC1N. The third-order valence-electron chi connectivity index (χ3n) is 3.65. The lowest BCUT2D eigenvalue weighted by Gasteiger charge is -2.18. The van der Waals surface area contributed by atoms with Gasteiger partial charge < -0.3 is 10.5 Å². The van der Waals surface area contributed by atoms with Crippen molar-refractivity contribution >= 4 is 5.97 Å². The van der Waals surface area contributed by atoms with Crippen LogP contribution < -0.4 is 5.73 Å². The number of ether oxygens (including phenoxy) is 1. The maximum absolute atomic E-state index is 11.9. The van der Waals surface area contributed by atoms with Crippen LogP contribution in [-0.4, -0.2) is 18.1 Å². The highest BCUT2D eigenvalue weighted by molar-refractivity contribution is 5.73. The number of nitrogens with two attached hydrogens (primary N) is 1. The molecule has 0 spiro atoms. The fourth-order valence-electron chi connectivity index (χ4n) is 2.48. The first-order valence-corrected chi connectivity index (χ1v) is 7.11. The molecule has 0 saturated heterocycles. The smallest absolute Gasteiger partial charge is 0.310 e. The molecule has 1 fully saturated rings. The maximum atomic E-state index is 11.9. The molecule has 100 valence electrons. The number of carbonyl (C=O) groups is 1. The highest BCUT2D eigenvalue weighted by Crippen LogP contribution is 2.25. The minimum atomic E-state index is -0.0713. The number of hydrogen-bond acceptors (Lipinski definition) is 3. The second kappa shape index (κ2) is 7.70. The van der Waals surface area contributed by atoms with E-state index in [9.17, 15) is 4.79 Å². The Bertz CT molecular complexity index is 230. The van der Waals surface area contributed by atoms with Crippen LogP contribution in [0.25, 0.3) is 0 Å². The highest BCUT2D eigenvalue weighted by Gasteiger charge is 2.32. The van der Waals surface area contributed by atoms with E-state index < -0.39 is 0 Å². The van der Waals surface area contributed by atoms with E-state index in [1.54, 1.807) is 0 Å². The quantitative estimate of drug-likeness (QED) is 0.550. The number of hydrogen-bond donors (Lipinski definition) is 1. The molecule has 0 bridgehead atoms. The maximum Gasteiger partial charge on any atom is 0.310 e. The topological polar surface area (TPSA) is 52.3 Å². The van der Waals surface area contributed by atoms with E-state index in [2.05, 4.69) is 6.92 Å². The second-order valence-corrected chi connectivity index (χ2v) is 5.30. The molecule has 1 aliphatic rings.